The molecular formula is C22H19BrN2O2. The van der Waals surface area contributed by atoms with Crippen molar-refractivity contribution >= 4 is 27.5 Å². The van der Waals surface area contributed by atoms with Crippen LogP contribution in [0.15, 0.2) is 83.3 Å². The molecule has 3 aromatic carbocycles. The van der Waals surface area contributed by atoms with Crippen LogP contribution in [0.1, 0.15) is 17.2 Å². The maximum absolute atomic E-state index is 12.5. The Balaban J connectivity index is 1.65. The quantitative estimate of drug-likeness (QED) is 0.618. The van der Waals surface area contributed by atoms with Crippen LogP contribution in [0.3, 0.4) is 0 Å². The first-order chi connectivity index (χ1) is 13.1. The zero-order valence-electron chi connectivity index (χ0n) is 14.6. The van der Waals surface area contributed by atoms with Gasteiger partial charge >= 0.3 is 0 Å². The van der Waals surface area contributed by atoms with Crippen molar-refractivity contribution in [3.63, 3.8) is 0 Å². The number of hydrogen-bond acceptors (Lipinski definition) is 3. The molecule has 1 aliphatic rings. The largest absolute Gasteiger partial charge is 0.488 e. The van der Waals surface area contributed by atoms with Gasteiger partial charge in [-0.25, -0.2) is 0 Å². The Bertz CT molecular complexity index is 947. The van der Waals surface area contributed by atoms with E-state index in [1.54, 1.807) is 4.90 Å². The molecule has 4 nitrogen and oxygen atoms in total. The van der Waals surface area contributed by atoms with E-state index in [0.717, 1.165) is 27.0 Å². The lowest BCUT2D eigenvalue weighted by Crippen LogP contribution is -2.63. The number of hydrogen-bond donors (Lipinski definition) is 1. The summed E-state index contributed by atoms with van der Waals surface area (Å²) in [6, 6.07) is 24.6. The minimum absolute atomic E-state index is 0.0804. The third-order valence-electron chi connectivity index (χ3n) is 4.71. The number of nitrogens with zero attached hydrogens (tertiary/aromatic N) is 1. The number of carbonyl (C=O) groups is 1. The van der Waals surface area contributed by atoms with Crippen LogP contribution in [-0.4, -0.2) is 11.9 Å². The zero-order chi connectivity index (χ0) is 18.8. The van der Waals surface area contributed by atoms with E-state index in [1.165, 1.54) is 0 Å². The van der Waals surface area contributed by atoms with E-state index in [9.17, 15) is 4.79 Å². The van der Waals surface area contributed by atoms with E-state index in [2.05, 4.69) is 15.9 Å². The summed E-state index contributed by atoms with van der Waals surface area (Å²) in [5.74, 6) is 0.644. The van der Waals surface area contributed by atoms with Crippen molar-refractivity contribution in [3.8, 4) is 5.75 Å². The first-order valence-electron chi connectivity index (χ1n) is 8.75. The number of ether oxygens (including phenoxy) is 1. The number of amides is 1. The van der Waals surface area contributed by atoms with Gasteiger partial charge in [0.15, 0.2) is 0 Å². The molecule has 1 aliphatic heterocycles. The summed E-state index contributed by atoms with van der Waals surface area (Å²) in [5, 5.41) is 0. The lowest BCUT2D eigenvalue weighted by molar-refractivity contribution is -0.126. The van der Waals surface area contributed by atoms with E-state index < -0.39 is 6.04 Å². The molecular weight excluding hydrogens is 404 g/mol. The minimum Gasteiger partial charge on any atom is -0.488 e. The molecule has 4 rings (SSSR count). The number of halogens is 1. The van der Waals surface area contributed by atoms with Gasteiger partial charge in [-0.3, -0.25) is 4.79 Å². The SMILES string of the molecule is N[C@H]1C(=O)N(c2ccccc2)[C@@H]1c1ccc(Br)cc1OCc1ccccc1. The molecule has 0 spiro atoms. The molecule has 0 unspecified atom stereocenters. The van der Waals surface area contributed by atoms with E-state index in [4.69, 9.17) is 10.5 Å². The molecule has 2 atom stereocenters. The van der Waals surface area contributed by atoms with Gasteiger partial charge in [0.25, 0.3) is 0 Å². The van der Waals surface area contributed by atoms with Crippen molar-refractivity contribution in [1.82, 2.24) is 0 Å². The van der Waals surface area contributed by atoms with Crippen molar-refractivity contribution in [2.75, 3.05) is 4.90 Å². The highest BCUT2D eigenvalue weighted by molar-refractivity contribution is 9.10. The van der Waals surface area contributed by atoms with Crippen LogP contribution in [0.25, 0.3) is 0 Å². The van der Waals surface area contributed by atoms with Crippen LogP contribution in [0.4, 0.5) is 5.69 Å². The Kier molecular flexibility index (Phi) is 4.97. The van der Waals surface area contributed by atoms with Gasteiger partial charge in [-0.1, -0.05) is 70.5 Å². The van der Waals surface area contributed by atoms with E-state index >= 15 is 0 Å². The van der Waals surface area contributed by atoms with Crippen LogP contribution in [-0.2, 0) is 11.4 Å². The molecule has 1 saturated heterocycles. The average Bonchev–Trinajstić information content (AvgIpc) is 2.71. The Morgan fingerprint density at radius 3 is 2.33 bits per heavy atom. The molecule has 0 aromatic heterocycles. The number of anilines is 1. The summed E-state index contributed by atoms with van der Waals surface area (Å²) in [4.78, 5) is 14.2. The van der Waals surface area contributed by atoms with Crippen LogP contribution < -0.4 is 15.4 Å². The van der Waals surface area contributed by atoms with Gasteiger partial charge in [0.1, 0.15) is 18.4 Å². The predicted octanol–water partition coefficient (Wildman–Crippen LogP) is 4.44. The normalized spacial score (nSPS) is 18.9. The molecule has 0 radical (unpaired) electrons. The second-order valence-electron chi connectivity index (χ2n) is 6.47. The van der Waals surface area contributed by atoms with Gasteiger partial charge in [0.05, 0.1) is 6.04 Å². The average molecular weight is 423 g/mol. The highest BCUT2D eigenvalue weighted by atomic mass is 79.9. The highest BCUT2D eigenvalue weighted by Crippen LogP contribution is 2.42. The third kappa shape index (κ3) is 3.48. The van der Waals surface area contributed by atoms with Gasteiger partial charge in [0.2, 0.25) is 5.91 Å². The maximum Gasteiger partial charge on any atom is 0.247 e. The highest BCUT2D eigenvalue weighted by Gasteiger charge is 2.47. The molecule has 3 aromatic rings. The molecule has 2 N–H and O–H groups in total. The van der Waals surface area contributed by atoms with Crippen LogP contribution >= 0.6 is 15.9 Å². The van der Waals surface area contributed by atoms with Gasteiger partial charge in [-0.15, -0.1) is 0 Å². The standard InChI is InChI=1S/C22H19BrN2O2/c23-16-11-12-18(19(13-16)27-14-15-7-3-1-4-8-15)21-20(24)22(26)25(21)17-9-5-2-6-10-17/h1-13,20-21H,14,24H2/t20-,21-/m1/s1. The Labute approximate surface area is 166 Å². The summed E-state index contributed by atoms with van der Waals surface area (Å²) >= 11 is 3.51. The second-order valence-corrected chi connectivity index (χ2v) is 7.39. The Morgan fingerprint density at radius 2 is 1.63 bits per heavy atom. The van der Waals surface area contributed by atoms with Gasteiger partial charge < -0.3 is 15.4 Å². The molecule has 0 saturated carbocycles. The molecule has 0 bridgehead atoms. The van der Waals surface area contributed by atoms with E-state index in [-0.39, 0.29) is 11.9 Å². The summed E-state index contributed by atoms with van der Waals surface area (Å²) in [6.45, 7) is 0.450. The third-order valence-corrected chi connectivity index (χ3v) is 5.20. The fraction of sp³-hybridized carbons (Fsp3) is 0.136. The number of rotatable bonds is 5. The van der Waals surface area contributed by atoms with Crippen LogP contribution in [0, 0.1) is 0 Å². The molecule has 136 valence electrons. The zero-order valence-corrected chi connectivity index (χ0v) is 16.2. The van der Waals surface area contributed by atoms with Crippen molar-refractivity contribution in [2.45, 2.75) is 18.7 Å². The summed E-state index contributed by atoms with van der Waals surface area (Å²) in [6.07, 6.45) is 0. The minimum atomic E-state index is -0.578. The van der Waals surface area contributed by atoms with E-state index in [0.29, 0.717) is 6.61 Å². The fourth-order valence-corrected chi connectivity index (χ4v) is 3.67. The lowest BCUT2D eigenvalue weighted by atomic mass is 9.87. The molecule has 1 heterocycles. The number of benzene rings is 3. The van der Waals surface area contributed by atoms with E-state index in [1.807, 2.05) is 78.9 Å². The smallest absolute Gasteiger partial charge is 0.247 e. The van der Waals surface area contributed by atoms with Crippen molar-refractivity contribution in [2.24, 2.45) is 5.73 Å². The monoisotopic (exact) mass is 422 g/mol. The van der Waals surface area contributed by atoms with Gasteiger partial charge in [0, 0.05) is 15.7 Å². The van der Waals surface area contributed by atoms with Crippen LogP contribution in [0.5, 0.6) is 5.75 Å². The van der Waals surface area contributed by atoms with Crippen molar-refractivity contribution < 1.29 is 9.53 Å². The topological polar surface area (TPSA) is 55.6 Å². The Morgan fingerprint density at radius 1 is 0.963 bits per heavy atom. The summed E-state index contributed by atoms with van der Waals surface area (Å²) in [7, 11) is 0. The number of β-lactam (4-membered cyclic amide) rings is 1. The second kappa shape index (κ2) is 7.55. The van der Waals surface area contributed by atoms with Crippen molar-refractivity contribution in [1.29, 1.82) is 0 Å². The molecule has 5 heteroatoms. The first kappa shape index (κ1) is 17.8. The lowest BCUT2D eigenvalue weighted by Gasteiger charge is -2.46. The van der Waals surface area contributed by atoms with Crippen LogP contribution in [0.2, 0.25) is 0 Å². The van der Waals surface area contributed by atoms with Gasteiger partial charge in [-0.05, 0) is 29.8 Å². The molecule has 1 amide bonds. The fourth-order valence-electron chi connectivity index (χ4n) is 3.33. The summed E-state index contributed by atoms with van der Waals surface area (Å²) in [5.41, 5.74) is 9.01. The predicted molar refractivity (Wildman–Crippen MR) is 110 cm³/mol. The molecule has 0 aliphatic carbocycles. The number of para-hydroxylation sites is 1. The van der Waals surface area contributed by atoms with Gasteiger partial charge in [-0.2, -0.15) is 0 Å². The Hall–Kier alpha value is -2.63. The maximum atomic E-state index is 12.5. The number of nitrogens with two attached hydrogens (primary N) is 1. The molecule has 1 fully saturated rings. The number of carbonyl (C=O) groups excluding carboxylic acids is 1. The first-order valence-corrected chi connectivity index (χ1v) is 9.54. The molecule has 27 heavy (non-hydrogen) atoms. The van der Waals surface area contributed by atoms with Crippen molar-refractivity contribution in [3.05, 3.63) is 94.5 Å². The summed E-state index contributed by atoms with van der Waals surface area (Å²) < 4.78 is 7.02.